The topological polar surface area (TPSA) is 31.4 Å². The van der Waals surface area contributed by atoms with Crippen molar-refractivity contribution in [1.29, 1.82) is 0 Å². The fraction of sp³-hybridized carbons (Fsp3) is 0.389. The Morgan fingerprint density at radius 2 is 2.09 bits per heavy atom. The number of hydrogen-bond donors (Lipinski definition) is 1. The van der Waals surface area contributed by atoms with Gasteiger partial charge < -0.3 is 9.88 Å². The highest BCUT2D eigenvalue weighted by atomic mass is 32.2. The summed E-state index contributed by atoms with van der Waals surface area (Å²) < 4.78 is 0. The molecule has 3 aliphatic rings. The molecule has 112 valence electrons. The van der Waals surface area contributed by atoms with Gasteiger partial charge in [-0.15, -0.1) is 0 Å². The van der Waals surface area contributed by atoms with Crippen molar-refractivity contribution < 1.29 is 0 Å². The van der Waals surface area contributed by atoms with Crippen LogP contribution in [-0.4, -0.2) is 27.1 Å². The van der Waals surface area contributed by atoms with E-state index in [-0.39, 0.29) is 0 Å². The second-order valence-corrected chi connectivity index (χ2v) is 7.64. The third-order valence-electron chi connectivity index (χ3n) is 5.17. The number of allylic oxidation sites excluding steroid dienone is 1. The molecule has 0 radical (unpaired) electrons. The zero-order valence-electron chi connectivity index (χ0n) is 12.7. The van der Waals surface area contributed by atoms with Crippen LogP contribution in [0.2, 0.25) is 0 Å². The SMILES string of the molecule is CC1=C(c2c[nH]c3ccccc23)N2C(=N[C@@H]3CCCC[C@H]32)S1. The number of H-pyrrole nitrogens is 1. The zero-order chi connectivity index (χ0) is 14.7. The Labute approximate surface area is 134 Å². The first-order chi connectivity index (χ1) is 10.8. The number of amidine groups is 1. The Bertz CT molecular complexity index is 817. The molecule has 0 saturated heterocycles. The van der Waals surface area contributed by atoms with Gasteiger partial charge in [0.1, 0.15) is 0 Å². The smallest absolute Gasteiger partial charge is 0.169 e. The van der Waals surface area contributed by atoms with Gasteiger partial charge in [-0.2, -0.15) is 0 Å². The number of rotatable bonds is 1. The van der Waals surface area contributed by atoms with Crippen molar-refractivity contribution in [2.75, 3.05) is 0 Å². The Morgan fingerprint density at radius 1 is 1.23 bits per heavy atom. The van der Waals surface area contributed by atoms with Crippen molar-refractivity contribution >= 4 is 33.5 Å². The second-order valence-electron chi connectivity index (χ2n) is 6.46. The summed E-state index contributed by atoms with van der Waals surface area (Å²) in [4.78, 5) is 12.4. The van der Waals surface area contributed by atoms with Gasteiger partial charge >= 0.3 is 0 Å². The minimum Gasteiger partial charge on any atom is -0.360 e. The molecule has 0 bridgehead atoms. The maximum absolute atomic E-state index is 5.02. The van der Waals surface area contributed by atoms with Crippen LogP contribution in [0.15, 0.2) is 40.4 Å². The Kier molecular flexibility index (Phi) is 2.71. The van der Waals surface area contributed by atoms with Crippen LogP contribution in [0, 0.1) is 0 Å². The van der Waals surface area contributed by atoms with Gasteiger partial charge in [0, 0.05) is 27.6 Å². The number of aliphatic imine (C=N–C) groups is 1. The van der Waals surface area contributed by atoms with E-state index in [0.29, 0.717) is 12.1 Å². The van der Waals surface area contributed by atoms with E-state index in [2.05, 4.69) is 47.3 Å². The molecule has 1 N–H and O–H groups in total. The van der Waals surface area contributed by atoms with Crippen molar-refractivity contribution in [3.05, 3.63) is 40.9 Å². The molecular formula is C18H19N3S. The highest BCUT2D eigenvalue weighted by molar-refractivity contribution is 8.17. The van der Waals surface area contributed by atoms with Crippen LogP contribution >= 0.6 is 11.8 Å². The van der Waals surface area contributed by atoms with E-state index in [1.807, 2.05) is 11.8 Å². The van der Waals surface area contributed by atoms with Crippen LogP contribution in [0.1, 0.15) is 38.2 Å². The van der Waals surface area contributed by atoms with Crippen molar-refractivity contribution in [1.82, 2.24) is 9.88 Å². The summed E-state index contributed by atoms with van der Waals surface area (Å²) in [6, 6.07) is 9.68. The average Bonchev–Trinajstić information content (AvgIpc) is 3.18. The van der Waals surface area contributed by atoms with E-state index < -0.39 is 0 Å². The Balaban J connectivity index is 1.64. The fourth-order valence-electron chi connectivity index (χ4n) is 4.17. The molecule has 1 aromatic carbocycles. The lowest BCUT2D eigenvalue weighted by Crippen LogP contribution is -2.38. The molecule has 0 unspecified atom stereocenters. The van der Waals surface area contributed by atoms with Gasteiger partial charge in [-0.25, -0.2) is 0 Å². The van der Waals surface area contributed by atoms with Crippen LogP contribution in [0.3, 0.4) is 0 Å². The number of hydrogen-bond acceptors (Lipinski definition) is 3. The highest BCUT2D eigenvalue weighted by Crippen LogP contribution is 2.48. The largest absolute Gasteiger partial charge is 0.360 e. The standard InChI is InChI=1S/C18H19N3S/c1-11-17(13-10-19-14-7-3-2-6-12(13)14)21-16-9-5-4-8-15(16)20-18(21)22-11/h2-3,6-7,10,15-16,19H,4-5,8-9H2,1H3/t15-,16-/m1/s1. The number of aromatic amines is 1. The van der Waals surface area contributed by atoms with Gasteiger partial charge in [0.15, 0.2) is 5.17 Å². The molecule has 1 aliphatic carbocycles. The molecule has 2 atom stereocenters. The lowest BCUT2D eigenvalue weighted by Gasteiger charge is -2.32. The van der Waals surface area contributed by atoms with Gasteiger partial charge in [0.2, 0.25) is 0 Å². The molecule has 3 nitrogen and oxygen atoms in total. The Morgan fingerprint density at radius 3 is 3.05 bits per heavy atom. The van der Waals surface area contributed by atoms with Crippen molar-refractivity contribution in [3.8, 4) is 0 Å². The lowest BCUT2D eigenvalue weighted by atomic mass is 9.90. The van der Waals surface area contributed by atoms with E-state index in [1.54, 1.807) is 0 Å². The van der Waals surface area contributed by atoms with Crippen LogP contribution < -0.4 is 0 Å². The first-order valence-electron chi connectivity index (χ1n) is 8.15. The maximum atomic E-state index is 5.02. The van der Waals surface area contributed by atoms with Crippen molar-refractivity contribution in [3.63, 3.8) is 0 Å². The summed E-state index contributed by atoms with van der Waals surface area (Å²) in [5.74, 6) is 0. The quantitative estimate of drug-likeness (QED) is 0.835. The summed E-state index contributed by atoms with van der Waals surface area (Å²) in [6.45, 7) is 2.24. The molecule has 5 rings (SSSR count). The van der Waals surface area contributed by atoms with E-state index in [0.717, 1.165) is 0 Å². The summed E-state index contributed by atoms with van der Waals surface area (Å²) in [7, 11) is 0. The second kappa shape index (κ2) is 4.66. The number of aromatic nitrogens is 1. The minimum atomic E-state index is 0.518. The predicted molar refractivity (Wildman–Crippen MR) is 93.8 cm³/mol. The summed E-state index contributed by atoms with van der Waals surface area (Å²) >= 11 is 1.86. The molecule has 4 heteroatoms. The molecule has 1 saturated carbocycles. The van der Waals surface area contributed by atoms with E-state index >= 15 is 0 Å². The van der Waals surface area contributed by atoms with Gasteiger partial charge in [-0.05, 0) is 25.8 Å². The third-order valence-corrected chi connectivity index (χ3v) is 6.16. The average molecular weight is 309 g/mol. The highest BCUT2D eigenvalue weighted by Gasteiger charge is 2.44. The van der Waals surface area contributed by atoms with Crippen LogP contribution in [0.5, 0.6) is 0 Å². The lowest BCUT2D eigenvalue weighted by molar-refractivity contribution is 0.305. The molecule has 2 aromatic rings. The number of nitrogens with one attached hydrogen (secondary N) is 1. The first-order valence-corrected chi connectivity index (χ1v) is 8.97. The summed E-state index contributed by atoms with van der Waals surface area (Å²) in [5, 5.41) is 2.55. The van der Waals surface area contributed by atoms with Gasteiger partial charge in [0.25, 0.3) is 0 Å². The summed E-state index contributed by atoms with van der Waals surface area (Å²) in [5.41, 5.74) is 3.93. The van der Waals surface area contributed by atoms with Gasteiger partial charge in [-0.1, -0.05) is 42.8 Å². The fourth-order valence-corrected chi connectivity index (χ4v) is 5.26. The molecule has 2 aliphatic heterocycles. The van der Waals surface area contributed by atoms with Crippen LogP contribution in [-0.2, 0) is 0 Å². The molecule has 1 fully saturated rings. The predicted octanol–water partition coefficient (Wildman–Crippen LogP) is 4.59. The molecule has 1 aromatic heterocycles. The normalized spacial score (nSPS) is 27.3. The number of thioether (sulfide) groups is 1. The Hall–Kier alpha value is -1.68. The molecule has 22 heavy (non-hydrogen) atoms. The number of para-hydroxylation sites is 1. The zero-order valence-corrected chi connectivity index (χ0v) is 13.5. The monoisotopic (exact) mass is 309 g/mol. The minimum absolute atomic E-state index is 0.518. The molecule has 3 heterocycles. The van der Waals surface area contributed by atoms with E-state index in [1.165, 1.54) is 57.9 Å². The van der Waals surface area contributed by atoms with E-state index in [4.69, 9.17) is 4.99 Å². The molecule has 0 amide bonds. The van der Waals surface area contributed by atoms with Gasteiger partial charge in [-0.3, -0.25) is 4.99 Å². The number of benzene rings is 1. The van der Waals surface area contributed by atoms with Crippen molar-refractivity contribution in [2.45, 2.75) is 44.7 Å². The van der Waals surface area contributed by atoms with Crippen molar-refractivity contribution in [2.24, 2.45) is 4.99 Å². The summed E-state index contributed by atoms with van der Waals surface area (Å²) in [6.07, 6.45) is 7.37. The first kappa shape index (κ1) is 12.8. The van der Waals surface area contributed by atoms with E-state index in [9.17, 15) is 0 Å². The molecular weight excluding hydrogens is 290 g/mol. The third kappa shape index (κ3) is 1.67. The van der Waals surface area contributed by atoms with Crippen LogP contribution in [0.25, 0.3) is 16.6 Å². The van der Waals surface area contributed by atoms with Gasteiger partial charge in [0.05, 0.1) is 17.8 Å². The number of nitrogens with zero attached hydrogens (tertiary/aromatic N) is 2. The molecule has 0 spiro atoms. The van der Waals surface area contributed by atoms with Crippen LogP contribution in [0.4, 0.5) is 0 Å². The maximum Gasteiger partial charge on any atom is 0.169 e. The number of fused-ring (bicyclic) bond motifs is 4.